The first-order valence-electron chi connectivity index (χ1n) is 5.15. The molecule has 2 heterocycles. The second kappa shape index (κ2) is 4.71. The first-order chi connectivity index (χ1) is 8.38. The Labute approximate surface area is 108 Å². The number of nitrogens with one attached hydrogen (secondary N) is 1. The zero-order valence-electron chi connectivity index (χ0n) is 9.58. The number of nitrogens with zero attached hydrogens (tertiary/aromatic N) is 1. The topological polar surface area (TPSA) is 88.4 Å². The Bertz CT molecular complexity index is 684. The quantitative estimate of drug-likeness (QED) is 0.817. The number of rotatable bonds is 4. The molecule has 18 heavy (non-hydrogen) atoms. The lowest BCUT2D eigenvalue weighted by Crippen LogP contribution is -2.30. The van der Waals surface area contributed by atoms with Crippen molar-refractivity contribution in [3.8, 4) is 0 Å². The fraction of sp³-hybridized carbons (Fsp3) is 0.300. The van der Waals surface area contributed by atoms with E-state index in [2.05, 4.69) is 5.32 Å². The van der Waals surface area contributed by atoms with E-state index < -0.39 is 15.9 Å². The van der Waals surface area contributed by atoms with Crippen LogP contribution in [0.15, 0.2) is 17.5 Å². The van der Waals surface area contributed by atoms with E-state index >= 15 is 0 Å². The van der Waals surface area contributed by atoms with E-state index in [9.17, 15) is 13.2 Å². The first-order valence-corrected chi connectivity index (χ1v) is 7.63. The second-order valence-corrected chi connectivity index (χ2v) is 6.32. The minimum absolute atomic E-state index is 0.115. The van der Waals surface area contributed by atoms with Crippen LogP contribution >= 0.6 is 11.3 Å². The highest BCUT2D eigenvalue weighted by Gasteiger charge is 2.14. The van der Waals surface area contributed by atoms with Crippen LogP contribution in [0.3, 0.4) is 0 Å². The summed E-state index contributed by atoms with van der Waals surface area (Å²) in [6.07, 6.45) is 0. The molecule has 98 valence electrons. The lowest BCUT2D eigenvalue weighted by Gasteiger charge is -2.05. The molecule has 0 fully saturated rings. The number of aromatic nitrogens is 1. The molecule has 0 saturated heterocycles. The van der Waals surface area contributed by atoms with Crippen molar-refractivity contribution in [2.45, 2.75) is 0 Å². The third-order valence-corrected chi connectivity index (χ3v) is 4.12. The summed E-state index contributed by atoms with van der Waals surface area (Å²) in [6.45, 7) is -0.115. The van der Waals surface area contributed by atoms with Crippen molar-refractivity contribution in [3.05, 3.63) is 23.2 Å². The summed E-state index contributed by atoms with van der Waals surface area (Å²) in [4.78, 5) is 11.8. The summed E-state index contributed by atoms with van der Waals surface area (Å²) in [6, 6.07) is 3.66. The lowest BCUT2D eigenvalue weighted by molar-refractivity contribution is 0.0948. The van der Waals surface area contributed by atoms with Gasteiger partial charge in [-0.15, -0.1) is 11.3 Å². The van der Waals surface area contributed by atoms with Crippen molar-refractivity contribution in [2.24, 2.45) is 7.05 Å². The van der Waals surface area contributed by atoms with Gasteiger partial charge in [0.15, 0.2) is 0 Å². The van der Waals surface area contributed by atoms with Gasteiger partial charge in [0.25, 0.3) is 16.0 Å². The third-order valence-electron chi connectivity index (χ3n) is 2.54. The molecular formula is C10H12N2O4S2. The number of thiophene rings is 1. The Morgan fingerprint density at radius 1 is 1.56 bits per heavy atom. The number of hydrogen-bond acceptors (Lipinski definition) is 4. The molecule has 2 N–H and O–H groups in total. The van der Waals surface area contributed by atoms with Crippen molar-refractivity contribution in [3.63, 3.8) is 0 Å². The molecule has 0 spiro atoms. The number of aryl methyl sites for hydroxylation is 1. The molecule has 2 aromatic heterocycles. The summed E-state index contributed by atoms with van der Waals surface area (Å²) >= 11 is 1.53. The van der Waals surface area contributed by atoms with E-state index in [1.54, 1.807) is 17.7 Å². The molecule has 0 saturated carbocycles. The van der Waals surface area contributed by atoms with Crippen LogP contribution < -0.4 is 5.32 Å². The van der Waals surface area contributed by atoms with Crippen LogP contribution in [0.2, 0.25) is 0 Å². The van der Waals surface area contributed by atoms with Crippen LogP contribution in [0.5, 0.6) is 0 Å². The highest BCUT2D eigenvalue weighted by atomic mass is 32.2. The Balaban J connectivity index is 2.09. The molecule has 2 aromatic rings. The molecule has 8 heteroatoms. The highest BCUT2D eigenvalue weighted by molar-refractivity contribution is 7.85. The van der Waals surface area contributed by atoms with Gasteiger partial charge in [-0.25, -0.2) is 0 Å². The average Bonchev–Trinajstić information content (AvgIpc) is 2.80. The molecule has 0 unspecified atom stereocenters. The van der Waals surface area contributed by atoms with Gasteiger partial charge in [-0.3, -0.25) is 9.35 Å². The highest BCUT2D eigenvalue weighted by Crippen LogP contribution is 2.23. The monoisotopic (exact) mass is 288 g/mol. The Morgan fingerprint density at radius 3 is 2.89 bits per heavy atom. The van der Waals surface area contributed by atoms with Gasteiger partial charge in [-0.05, 0) is 17.5 Å². The molecule has 0 radical (unpaired) electrons. The summed E-state index contributed by atoms with van der Waals surface area (Å²) < 4.78 is 32.3. The predicted molar refractivity (Wildman–Crippen MR) is 69.5 cm³/mol. The Morgan fingerprint density at radius 2 is 2.28 bits per heavy atom. The minimum atomic E-state index is -4.05. The first kappa shape index (κ1) is 13.1. The van der Waals surface area contributed by atoms with Gasteiger partial charge in [0.05, 0.1) is 16.0 Å². The van der Waals surface area contributed by atoms with Gasteiger partial charge < -0.3 is 9.88 Å². The summed E-state index contributed by atoms with van der Waals surface area (Å²) in [5, 5.41) is 4.39. The summed E-state index contributed by atoms with van der Waals surface area (Å²) in [5.41, 5.74) is 1.42. The van der Waals surface area contributed by atoms with Crippen molar-refractivity contribution < 1.29 is 17.8 Å². The molecule has 6 nitrogen and oxygen atoms in total. The van der Waals surface area contributed by atoms with Gasteiger partial charge in [0.1, 0.15) is 5.69 Å². The zero-order valence-corrected chi connectivity index (χ0v) is 11.2. The maximum absolute atomic E-state index is 11.8. The Hall–Kier alpha value is -1.38. The third kappa shape index (κ3) is 2.71. The van der Waals surface area contributed by atoms with Crippen molar-refractivity contribution in [1.82, 2.24) is 9.88 Å². The molecule has 1 amide bonds. The molecule has 0 aliphatic carbocycles. The van der Waals surface area contributed by atoms with E-state index in [1.165, 1.54) is 11.3 Å². The zero-order chi connectivity index (χ0) is 13.3. The van der Waals surface area contributed by atoms with Crippen LogP contribution in [-0.4, -0.2) is 35.7 Å². The second-order valence-electron chi connectivity index (χ2n) is 3.80. The maximum Gasteiger partial charge on any atom is 0.267 e. The van der Waals surface area contributed by atoms with Crippen LogP contribution in [0, 0.1) is 0 Å². The number of carbonyl (C=O) groups excluding carboxylic acids is 1. The predicted octanol–water partition coefficient (Wildman–Crippen LogP) is 0.857. The molecule has 0 aliphatic rings. The van der Waals surface area contributed by atoms with E-state index in [1.807, 2.05) is 11.4 Å². The fourth-order valence-electron chi connectivity index (χ4n) is 1.65. The van der Waals surface area contributed by atoms with E-state index in [-0.39, 0.29) is 12.5 Å². The average molecular weight is 288 g/mol. The molecule has 0 aliphatic heterocycles. The Kier molecular flexibility index (Phi) is 3.42. The molecule has 0 bridgehead atoms. The summed E-state index contributed by atoms with van der Waals surface area (Å²) in [7, 11) is -2.27. The van der Waals surface area contributed by atoms with Crippen LogP contribution in [0.25, 0.3) is 10.2 Å². The van der Waals surface area contributed by atoms with Gasteiger partial charge in [0.2, 0.25) is 0 Å². The van der Waals surface area contributed by atoms with Gasteiger partial charge in [0, 0.05) is 13.6 Å². The molecular weight excluding hydrogens is 276 g/mol. The van der Waals surface area contributed by atoms with Crippen molar-refractivity contribution >= 4 is 37.6 Å². The molecule has 2 rings (SSSR count). The number of carbonyl (C=O) groups is 1. The molecule has 0 aromatic carbocycles. The van der Waals surface area contributed by atoms with Gasteiger partial charge in [-0.2, -0.15) is 8.42 Å². The van der Waals surface area contributed by atoms with Crippen molar-refractivity contribution in [1.29, 1.82) is 0 Å². The number of amides is 1. The number of fused-ring (bicyclic) bond motifs is 1. The van der Waals surface area contributed by atoms with E-state index in [0.717, 1.165) is 10.2 Å². The normalized spacial score (nSPS) is 11.9. The van der Waals surface area contributed by atoms with Crippen LogP contribution in [0.1, 0.15) is 10.5 Å². The van der Waals surface area contributed by atoms with Gasteiger partial charge in [-0.1, -0.05) is 0 Å². The van der Waals surface area contributed by atoms with Crippen molar-refractivity contribution in [2.75, 3.05) is 12.3 Å². The van der Waals surface area contributed by atoms with Crippen LogP contribution in [-0.2, 0) is 17.2 Å². The SMILES string of the molecule is Cn1c(C(=O)NCCS(=O)(=O)O)cc2sccc21. The smallest absolute Gasteiger partial charge is 0.267 e. The standard InChI is InChI=1S/C10H12N2O4S2/c1-12-7-2-4-17-9(7)6-8(12)10(13)11-3-5-18(14,15)16/h2,4,6H,3,5H2,1H3,(H,11,13)(H,14,15,16). The minimum Gasteiger partial charge on any atom is -0.350 e. The lowest BCUT2D eigenvalue weighted by atomic mass is 10.4. The van der Waals surface area contributed by atoms with E-state index in [0.29, 0.717) is 5.69 Å². The largest absolute Gasteiger partial charge is 0.350 e. The fourth-order valence-corrected chi connectivity index (χ4v) is 2.86. The summed E-state index contributed by atoms with van der Waals surface area (Å²) in [5.74, 6) is -0.845. The number of hydrogen-bond donors (Lipinski definition) is 2. The maximum atomic E-state index is 11.8. The van der Waals surface area contributed by atoms with E-state index in [4.69, 9.17) is 4.55 Å². The molecule has 0 atom stereocenters. The van der Waals surface area contributed by atoms with Crippen LogP contribution in [0.4, 0.5) is 0 Å². The van der Waals surface area contributed by atoms with Gasteiger partial charge >= 0.3 is 0 Å².